The molecule has 0 saturated carbocycles. The van der Waals surface area contributed by atoms with Crippen molar-refractivity contribution in [3.8, 4) is 28.6 Å². The number of nitrogens with one attached hydrogen (secondary N) is 1. The molecule has 2 heterocycles. The Morgan fingerprint density at radius 2 is 1.87 bits per heavy atom. The summed E-state index contributed by atoms with van der Waals surface area (Å²) in [5.41, 5.74) is 1.88. The van der Waals surface area contributed by atoms with Crippen LogP contribution in [0.5, 0.6) is 17.2 Å². The predicted octanol–water partition coefficient (Wildman–Crippen LogP) is 5.08. The molecule has 1 saturated heterocycles. The summed E-state index contributed by atoms with van der Waals surface area (Å²) in [4.78, 5) is 6.91. The van der Waals surface area contributed by atoms with Crippen LogP contribution in [0.3, 0.4) is 0 Å². The molecule has 0 aliphatic carbocycles. The van der Waals surface area contributed by atoms with Crippen molar-refractivity contribution in [2.45, 2.75) is 25.6 Å². The number of rotatable bonds is 7. The van der Waals surface area contributed by atoms with E-state index in [1.165, 1.54) is 0 Å². The molecular formula is C22H25ClN4O3S. The summed E-state index contributed by atoms with van der Waals surface area (Å²) in [5.74, 6) is 2.98. The van der Waals surface area contributed by atoms with Gasteiger partial charge in [-0.1, -0.05) is 11.6 Å². The van der Waals surface area contributed by atoms with Crippen molar-refractivity contribution in [3.05, 3.63) is 51.8 Å². The van der Waals surface area contributed by atoms with E-state index in [9.17, 15) is 0 Å². The van der Waals surface area contributed by atoms with Gasteiger partial charge < -0.3 is 14.2 Å². The molecule has 1 fully saturated rings. The van der Waals surface area contributed by atoms with Crippen molar-refractivity contribution >= 4 is 23.8 Å². The topological polar surface area (TPSA) is 64.5 Å². The van der Waals surface area contributed by atoms with Crippen molar-refractivity contribution in [2.24, 2.45) is 0 Å². The maximum absolute atomic E-state index is 6.19. The third-order valence-electron chi connectivity index (χ3n) is 5.58. The average molecular weight is 461 g/mol. The largest absolute Gasteiger partial charge is 0.497 e. The van der Waals surface area contributed by atoms with Gasteiger partial charge in [-0.25, -0.2) is 4.68 Å². The molecule has 0 amide bonds. The van der Waals surface area contributed by atoms with Crippen LogP contribution >= 0.6 is 23.8 Å². The fourth-order valence-corrected chi connectivity index (χ4v) is 4.43. The fraction of sp³-hybridized carbons (Fsp3) is 0.364. The van der Waals surface area contributed by atoms with Crippen LogP contribution in [0.15, 0.2) is 36.4 Å². The van der Waals surface area contributed by atoms with E-state index in [0.717, 1.165) is 42.0 Å². The minimum Gasteiger partial charge on any atom is -0.497 e. The normalized spacial score (nSPS) is 16.5. The number of H-pyrrole nitrogens is 1. The zero-order valence-corrected chi connectivity index (χ0v) is 19.3. The van der Waals surface area contributed by atoms with Gasteiger partial charge >= 0.3 is 0 Å². The highest BCUT2D eigenvalue weighted by Crippen LogP contribution is 2.39. The second-order valence-electron chi connectivity index (χ2n) is 7.35. The Hall–Kier alpha value is -2.55. The standard InChI is InChI=1S/C22H25ClN4O3S/c1-28-15-7-9-19(29-2)16(12-15)18-5-4-10-26(18)13-27-22(31)24-21(25-27)17-11-14(23)6-8-20(17)30-3/h6-9,11-12,18H,4-5,10,13H2,1-3H3,(H,24,25,31)/t18-/m0/s1. The Balaban J connectivity index is 1.63. The van der Waals surface area contributed by atoms with Crippen LogP contribution in [-0.2, 0) is 6.67 Å². The van der Waals surface area contributed by atoms with Crippen LogP contribution in [0.2, 0.25) is 5.02 Å². The minimum absolute atomic E-state index is 0.194. The van der Waals surface area contributed by atoms with Crippen LogP contribution in [0.4, 0.5) is 0 Å². The summed E-state index contributed by atoms with van der Waals surface area (Å²) in [6, 6.07) is 11.5. The average Bonchev–Trinajstić information content (AvgIpc) is 3.40. The summed E-state index contributed by atoms with van der Waals surface area (Å²) in [6.45, 7) is 1.53. The van der Waals surface area contributed by atoms with Crippen LogP contribution in [0.1, 0.15) is 24.4 Å². The number of hydrogen-bond donors (Lipinski definition) is 1. The van der Waals surface area contributed by atoms with E-state index in [-0.39, 0.29) is 6.04 Å². The monoisotopic (exact) mass is 460 g/mol. The molecule has 0 unspecified atom stereocenters. The predicted molar refractivity (Wildman–Crippen MR) is 123 cm³/mol. The first-order chi connectivity index (χ1) is 15.0. The van der Waals surface area contributed by atoms with E-state index in [1.54, 1.807) is 27.4 Å². The van der Waals surface area contributed by atoms with Gasteiger partial charge in [-0.15, -0.1) is 0 Å². The molecule has 2 aromatic carbocycles. The summed E-state index contributed by atoms with van der Waals surface area (Å²) >= 11 is 11.7. The first-order valence-corrected chi connectivity index (χ1v) is 10.8. The molecule has 164 valence electrons. The molecule has 0 bridgehead atoms. The highest BCUT2D eigenvalue weighted by Gasteiger charge is 2.29. The molecule has 0 radical (unpaired) electrons. The van der Waals surface area contributed by atoms with Gasteiger partial charge in [0.2, 0.25) is 4.77 Å². The van der Waals surface area contributed by atoms with Crippen molar-refractivity contribution in [1.82, 2.24) is 19.7 Å². The molecule has 4 rings (SSSR count). The Bertz CT molecular complexity index is 1130. The Morgan fingerprint density at radius 1 is 1.10 bits per heavy atom. The van der Waals surface area contributed by atoms with E-state index in [0.29, 0.717) is 28.0 Å². The van der Waals surface area contributed by atoms with E-state index in [1.807, 2.05) is 28.9 Å². The highest BCUT2D eigenvalue weighted by atomic mass is 35.5. The lowest BCUT2D eigenvalue weighted by Crippen LogP contribution is -2.27. The van der Waals surface area contributed by atoms with E-state index < -0.39 is 0 Å². The molecule has 1 aliphatic rings. The maximum atomic E-state index is 6.19. The second kappa shape index (κ2) is 9.30. The Labute approximate surface area is 191 Å². The van der Waals surface area contributed by atoms with Gasteiger partial charge in [-0.2, -0.15) is 4.98 Å². The number of hydrogen-bond acceptors (Lipinski definition) is 6. The molecule has 9 heteroatoms. The highest BCUT2D eigenvalue weighted by molar-refractivity contribution is 7.71. The third kappa shape index (κ3) is 4.42. The van der Waals surface area contributed by atoms with Gasteiger partial charge in [-0.3, -0.25) is 10.00 Å². The van der Waals surface area contributed by atoms with Gasteiger partial charge in [-0.05, 0) is 61.5 Å². The van der Waals surface area contributed by atoms with Crippen molar-refractivity contribution in [1.29, 1.82) is 0 Å². The van der Waals surface area contributed by atoms with Crippen molar-refractivity contribution in [3.63, 3.8) is 0 Å². The fourth-order valence-electron chi connectivity index (χ4n) is 4.07. The van der Waals surface area contributed by atoms with Gasteiger partial charge in [0.05, 0.1) is 33.6 Å². The zero-order valence-electron chi connectivity index (χ0n) is 17.7. The smallest absolute Gasteiger partial charge is 0.217 e. The quantitative estimate of drug-likeness (QED) is 0.496. The zero-order chi connectivity index (χ0) is 22.0. The lowest BCUT2D eigenvalue weighted by molar-refractivity contribution is 0.187. The second-order valence-corrected chi connectivity index (χ2v) is 8.15. The number of benzene rings is 2. The Kier molecular flexibility index (Phi) is 6.50. The number of likely N-dealkylation sites (tertiary alicyclic amines) is 1. The summed E-state index contributed by atoms with van der Waals surface area (Å²) < 4.78 is 18.9. The first-order valence-electron chi connectivity index (χ1n) is 10.0. The van der Waals surface area contributed by atoms with Gasteiger partial charge in [0.25, 0.3) is 0 Å². The molecule has 1 aromatic heterocycles. The van der Waals surface area contributed by atoms with Gasteiger partial charge in [0.15, 0.2) is 5.82 Å². The summed E-state index contributed by atoms with van der Waals surface area (Å²) in [5, 5.41) is 3.92. The molecule has 3 aromatic rings. The number of ether oxygens (including phenoxy) is 3. The first kappa shape index (κ1) is 21.7. The summed E-state index contributed by atoms with van der Waals surface area (Å²) in [6.07, 6.45) is 2.11. The number of aromatic nitrogens is 3. The molecule has 1 N–H and O–H groups in total. The van der Waals surface area contributed by atoms with E-state index in [2.05, 4.69) is 21.0 Å². The van der Waals surface area contributed by atoms with Crippen LogP contribution in [-0.4, -0.2) is 47.5 Å². The van der Waals surface area contributed by atoms with E-state index in [4.69, 9.17) is 38.0 Å². The maximum Gasteiger partial charge on any atom is 0.217 e. The third-order valence-corrected chi connectivity index (χ3v) is 6.13. The van der Waals surface area contributed by atoms with Crippen LogP contribution in [0, 0.1) is 4.77 Å². The molecule has 1 aliphatic heterocycles. The molecule has 1 atom stereocenters. The number of methoxy groups -OCH3 is 3. The minimum atomic E-state index is 0.194. The number of nitrogens with zero attached hydrogens (tertiary/aromatic N) is 3. The SMILES string of the molecule is COc1ccc(OC)c([C@@H]2CCCN2Cn2[nH]c(-c3cc(Cl)ccc3OC)nc2=S)c1. The lowest BCUT2D eigenvalue weighted by atomic mass is 10.0. The number of aromatic amines is 1. The summed E-state index contributed by atoms with van der Waals surface area (Å²) in [7, 11) is 4.99. The van der Waals surface area contributed by atoms with Crippen molar-refractivity contribution < 1.29 is 14.2 Å². The molecular weight excluding hydrogens is 436 g/mol. The van der Waals surface area contributed by atoms with Crippen LogP contribution in [0.25, 0.3) is 11.4 Å². The van der Waals surface area contributed by atoms with Gasteiger partial charge in [0, 0.05) is 23.2 Å². The van der Waals surface area contributed by atoms with Crippen molar-refractivity contribution in [2.75, 3.05) is 27.9 Å². The lowest BCUT2D eigenvalue weighted by Gasteiger charge is -2.26. The van der Waals surface area contributed by atoms with Crippen LogP contribution < -0.4 is 14.2 Å². The molecule has 31 heavy (non-hydrogen) atoms. The molecule has 0 spiro atoms. The van der Waals surface area contributed by atoms with Gasteiger partial charge in [0.1, 0.15) is 17.2 Å². The number of halogens is 1. The van der Waals surface area contributed by atoms with E-state index >= 15 is 0 Å². The molecule has 7 nitrogen and oxygen atoms in total. The Morgan fingerprint density at radius 3 is 2.61 bits per heavy atom.